The number of hydrogen-bond acceptors (Lipinski definition) is 5. The summed E-state index contributed by atoms with van der Waals surface area (Å²) in [6.07, 6.45) is 1.61. The van der Waals surface area contributed by atoms with Crippen LogP contribution in [0.5, 0.6) is 5.75 Å². The Morgan fingerprint density at radius 3 is 2.36 bits per heavy atom. The molecule has 7 nitrogen and oxygen atoms in total. The molecule has 10 heteroatoms. The van der Waals surface area contributed by atoms with Gasteiger partial charge in [-0.3, -0.25) is 14.4 Å². The van der Waals surface area contributed by atoms with Gasteiger partial charge in [0.1, 0.15) is 11.4 Å². The zero-order chi connectivity index (χ0) is 30.1. The van der Waals surface area contributed by atoms with Crippen molar-refractivity contribution in [2.24, 2.45) is 0 Å². The minimum absolute atomic E-state index is 0.0879. The van der Waals surface area contributed by atoms with Gasteiger partial charge in [0.05, 0.1) is 18.6 Å². The molecule has 0 atom stereocenters. The predicted octanol–water partition coefficient (Wildman–Crippen LogP) is 7.56. The summed E-state index contributed by atoms with van der Waals surface area (Å²) in [4.78, 5) is 39.5. The second-order valence-corrected chi connectivity index (χ2v) is 11.4. The summed E-state index contributed by atoms with van der Waals surface area (Å²) < 4.78 is 6.16. The number of methoxy groups -OCH3 is 1. The van der Waals surface area contributed by atoms with Crippen LogP contribution >= 0.6 is 39.3 Å². The average molecular weight is 665 g/mol. The molecule has 4 aromatic carbocycles. The van der Waals surface area contributed by atoms with Crippen molar-refractivity contribution < 1.29 is 19.1 Å². The number of benzene rings is 4. The van der Waals surface area contributed by atoms with E-state index >= 15 is 0 Å². The maximum Gasteiger partial charge on any atom is 0.272 e. The van der Waals surface area contributed by atoms with Crippen LogP contribution < -0.4 is 20.7 Å². The van der Waals surface area contributed by atoms with Crippen molar-refractivity contribution in [3.05, 3.63) is 123 Å². The number of carbonyl (C=O) groups excluding carboxylic acids is 3. The molecule has 0 bridgehead atoms. The van der Waals surface area contributed by atoms with Gasteiger partial charge in [-0.2, -0.15) is 0 Å². The highest BCUT2D eigenvalue weighted by atomic mass is 79.9. The molecule has 0 spiro atoms. The third-order valence-corrected chi connectivity index (χ3v) is 7.84. The van der Waals surface area contributed by atoms with Crippen molar-refractivity contribution in [1.29, 1.82) is 0 Å². The predicted molar refractivity (Wildman–Crippen MR) is 173 cm³/mol. The maximum absolute atomic E-state index is 13.3. The molecule has 0 heterocycles. The average Bonchev–Trinajstić information content (AvgIpc) is 2.98. The van der Waals surface area contributed by atoms with Gasteiger partial charge in [0.2, 0.25) is 5.91 Å². The fraction of sp³-hybridized carbons (Fsp3) is 0.0938. The molecule has 42 heavy (non-hydrogen) atoms. The number of hydrogen-bond donors (Lipinski definition) is 3. The normalized spacial score (nSPS) is 11.0. The van der Waals surface area contributed by atoms with Gasteiger partial charge in [0.25, 0.3) is 11.8 Å². The summed E-state index contributed by atoms with van der Waals surface area (Å²) in [5, 5.41) is 8.98. The van der Waals surface area contributed by atoms with E-state index in [9.17, 15) is 14.4 Å². The summed E-state index contributed by atoms with van der Waals surface area (Å²) >= 11 is 10.9. The minimum atomic E-state index is -0.480. The fourth-order valence-electron chi connectivity index (χ4n) is 3.80. The highest BCUT2D eigenvalue weighted by Crippen LogP contribution is 2.31. The molecule has 0 unspecified atom stereocenters. The van der Waals surface area contributed by atoms with Gasteiger partial charge in [-0.15, -0.1) is 11.8 Å². The zero-order valence-electron chi connectivity index (χ0n) is 22.7. The Kier molecular flexibility index (Phi) is 10.8. The van der Waals surface area contributed by atoms with E-state index in [1.165, 1.54) is 18.9 Å². The van der Waals surface area contributed by atoms with Crippen molar-refractivity contribution in [3.8, 4) is 5.75 Å². The quantitative estimate of drug-likeness (QED) is 0.120. The summed E-state index contributed by atoms with van der Waals surface area (Å²) in [6, 6.07) is 26.6. The number of amides is 3. The number of thioether (sulfide) groups is 1. The first-order valence-electron chi connectivity index (χ1n) is 12.7. The first-order chi connectivity index (χ1) is 20.2. The number of anilines is 2. The second kappa shape index (κ2) is 14.7. The summed E-state index contributed by atoms with van der Waals surface area (Å²) in [7, 11) is 1.52. The maximum atomic E-state index is 13.3. The van der Waals surface area contributed by atoms with Crippen LogP contribution in [0.2, 0.25) is 5.02 Å². The first kappa shape index (κ1) is 30.9. The number of carbonyl (C=O) groups is 3. The van der Waals surface area contributed by atoms with Crippen LogP contribution in [0.1, 0.15) is 21.5 Å². The van der Waals surface area contributed by atoms with Crippen LogP contribution in [0.4, 0.5) is 11.4 Å². The summed E-state index contributed by atoms with van der Waals surface area (Å²) in [5.74, 6) is -0.428. The molecule has 0 aliphatic carbocycles. The summed E-state index contributed by atoms with van der Waals surface area (Å²) in [5.41, 5.74) is 3.16. The van der Waals surface area contributed by atoms with E-state index in [-0.39, 0.29) is 17.4 Å². The van der Waals surface area contributed by atoms with Gasteiger partial charge >= 0.3 is 0 Å². The lowest BCUT2D eigenvalue weighted by Gasteiger charge is -2.13. The Bertz CT molecular complexity index is 1630. The fourth-order valence-corrected chi connectivity index (χ4v) is 5.07. The van der Waals surface area contributed by atoms with Gasteiger partial charge in [-0.05, 0) is 78.7 Å². The molecule has 4 rings (SSSR count). The Balaban J connectivity index is 1.40. The van der Waals surface area contributed by atoms with E-state index in [4.69, 9.17) is 16.3 Å². The van der Waals surface area contributed by atoms with E-state index in [1.807, 2.05) is 37.3 Å². The van der Waals surface area contributed by atoms with Crippen molar-refractivity contribution in [2.75, 3.05) is 23.5 Å². The lowest BCUT2D eigenvalue weighted by atomic mass is 10.1. The highest BCUT2D eigenvalue weighted by Gasteiger charge is 2.16. The van der Waals surface area contributed by atoms with E-state index in [2.05, 4.69) is 31.9 Å². The van der Waals surface area contributed by atoms with Gasteiger partial charge in [-0.1, -0.05) is 57.9 Å². The van der Waals surface area contributed by atoms with Crippen LogP contribution in [-0.2, 0) is 9.59 Å². The largest absolute Gasteiger partial charge is 0.495 e. The minimum Gasteiger partial charge on any atom is -0.495 e. The Labute approximate surface area is 261 Å². The number of aryl methyl sites for hydroxylation is 1. The van der Waals surface area contributed by atoms with Crippen molar-refractivity contribution in [3.63, 3.8) is 0 Å². The lowest BCUT2D eigenvalue weighted by molar-refractivity contribution is -0.114. The number of halogens is 2. The SMILES string of the molecule is COc1cc(Cl)c(C)cc1NC(=O)CSc1ccc(NC(=O)/C(=C/c2cccc(Br)c2)NC(=O)c2ccccc2)cc1. The van der Waals surface area contributed by atoms with E-state index < -0.39 is 11.8 Å². The van der Waals surface area contributed by atoms with Gasteiger partial charge in [-0.25, -0.2) is 0 Å². The van der Waals surface area contributed by atoms with E-state index in [0.29, 0.717) is 27.7 Å². The van der Waals surface area contributed by atoms with Crippen LogP contribution in [-0.4, -0.2) is 30.6 Å². The smallest absolute Gasteiger partial charge is 0.272 e. The molecule has 3 amide bonds. The van der Waals surface area contributed by atoms with Crippen LogP contribution in [0.3, 0.4) is 0 Å². The van der Waals surface area contributed by atoms with Gasteiger partial charge < -0.3 is 20.7 Å². The highest BCUT2D eigenvalue weighted by molar-refractivity contribution is 9.10. The van der Waals surface area contributed by atoms with Crippen molar-refractivity contribution in [1.82, 2.24) is 5.32 Å². The van der Waals surface area contributed by atoms with Crippen molar-refractivity contribution in [2.45, 2.75) is 11.8 Å². The molecule has 3 N–H and O–H groups in total. The number of ether oxygens (including phenoxy) is 1. The second-order valence-electron chi connectivity index (χ2n) is 9.05. The molecule has 0 aliphatic rings. The molecular formula is C32H27BrClN3O4S. The van der Waals surface area contributed by atoms with Crippen LogP contribution in [0.15, 0.2) is 106 Å². The molecule has 0 aromatic heterocycles. The standard InChI is InChI=1S/C32H27BrClN3O4S/c1-20-15-27(29(41-2)18-26(20)34)36-30(38)19-42-25-13-11-24(12-14-25)35-32(40)28(17-21-7-6-10-23(33)16-21)37-31(39)22-8-4-3-5-9-22/h3-18H,19H2,1-2H3,(H,35,40)(H,36,38)(H,37,39)/b28-17-. The molecule has 0 saturated heterocycles. The van der Waals surface area contributed by atoms with E-state index in [1.54, 1.807) is 66.7 Å². The third-order valence-electron chi connectivity index (χ3n) is 5.93. The lowest BCUT2D eigenvalue weighted by Crippen LogP contribution is -2.30. The first-order valence-corrected chi connectivity index (χ1v) is 14.9. The molecule has 0 saturated carbocycles. The van der Waals surface area contributed by atoms with Gasteiger partial charge in [0, 0.05) is 31.7 Å². The van der Waals surface area contributed by atoms with Crippen molar-refractivity contribution >= 4 is 74.5 Å². The Morgan fingerprint density at radius 1 is 0.929 bits per heavy atom. The zero-order valence-corrected chi connectivity index (χ0v) is 25.9. The summed E-state index contributed by atoms with van der Waals surface area (Å²) in [6.45, 7) is 1.85. The molecule has 4 aromatic rings. The van der Waals surface area contributed by atoms with Crippen LogP contribution in [0, 0.1) is 6.92 Å². The number of rotatable bonds is 10. The Hall–Kier alpha value is -4.05. The molecule has 0 fully saturated rings. The topological polar surface area (TPSA) is 96.5 Å². The van der Waals surface area contributed by atoms with Crippen LogP contribution in [0.25, 0.3) is 6.08 Å². The number of nitrogens with one attached hydrogen (secondary N) is 3. The Morgan fingerprint density at radius 2 is 1.67 bits per heavy atom. The van der Waals surface area contributed by atoms with E-state index in [0.717, 1.165) is 20.5 Å². The van der Waals surface area contributed by atoms with Gasteiger partial charge in [0.15, 0.2) is 0 Å². The monoisotopic (exact) mass is 663 g/mol. The molecular weight excluding hydrogens is 638 g/mol. The third kappa shape index (κ3) is 8.72. The molecule has 0 radical (unpaired) electrons. The molecule has 0 aliphatic heterocycles. The molecule has 214 valence electrons.